The van der Waals surface area contributed by atoms with Gasteiger partial charge in [-0.1, -0.05) is 38.4 Å². The largest absolute Gasteiger partial charge is 0.326 e. The molecule has 0 bridgehead atoms. The lowest BCUT2D eigenvalue weighted by molar-refractivity contribution is -0.118. The van der Waals surface area contributed by atoms with Gasteiger partial charge in [0, 0.05) is 27.7 Å². The smallest absolute Gasteiger partial charge is 0.237 e. The zero-order chi connectivity index (χ0) is 20.9. The highest BCUT2D eigenvalue weighted by Crippen LogP contribution is 2.27. The maximum Gasteiger partial charge on any atom is 0.237 e. The maximum atomic E-state index is 12.4. The Morgan fingerprint density at radius 2 is 1.64 bits per heavy atom. The third-order valence-electron chi connectivity index (χ3n) is 3.95. The van der Waals surface area contributed by atoms with Crippen LogP contribution in [0.5, 0.6) is 0 Å². The lowest BCUT2D eigenvalue weighted by Gasteiger charge is -2.17. The fraction of sp³-hybridized carbons (Fsp3) is 0.364. The van der Waals surface area contributed by atoms with Crippen LogP contribution in [0, 0.1) is 12.3 Å². The minimum atomic E-state index is -0.276. The van der Waals surface area contributed by atoms with Gasteiger partial charge < -0.3 is 10.6 Å². The zero-order valence-corrected chi connectivity index (χ0v) is 18.5. The molecule has 0 aliphatic rings. The lowest BCUT2D eigenvalue weighted by atomic mass is 9.92. The van der Waals surface area contributed by atoms with E-state index in [-0.39, 0.29) is 22.5 Å². The molecule has 0 saturated carbocycles. The van der Waals surface area contributed by atoms with Gasteiger partial charge in [0.25, 0.3) is 0 Å². The van der Waals surface area contributed by atoms with Gasteiger partial charge in [-0.05, 0) is 61.2 Å². The third kappa shape index (κ3) is 7.21. The van der Waals surface area contributed by atoms with Crippen LogP contribution in [-0.4, -0.2) is 17.1 Å². The van der Waals surface area contributed by atoms with E-state index >= 15 is 0 Å². The van der Waals surface area contributed by atoms with E-state index in [0.717, 1.165) is 16.1 Å². The van der Waals surface area contributed by atoms with Crippen LogP contribution in [0.25, 0.3) is 0 Å². The summed E-state index contributed by atoms with van der Waals surface area (Å²) in [5.41, 5.74) is 2.36. The number of aryl methyl sites for hydroxylation is 1. The minimum absolute atomic E-state index is 0.00240. The number of anilines is 2. The quantitative estimate of drug-likeness (QED) is 0.553. The Balaban J connectivity index is 1.90. The molecule has 0 heterocycles. The molecule has 0 spiro atoms. The van der Waals surface area contributed by atoms with Crippen LogP contribution in [0.1, 0.15) is 39.7 Å². The molecule has 4 nitrogen and oxygen atoms in total. The van der Waals surface area contributed by atoms with Crippen molar-refractivity contribution in [3.8, 4) is 0 Å². The summed E-state index contributed by atoms with van der Waals surface area (Å²) in [5, 5.41) is 6.14. The Morgan fingerprint density at radius 3 is 2.21 bits per heavy atom. The zero-order valence-electron chi connectivity index (χ0n) is 16.9. The van der Waals surface area contributed by atoms with E-state index in [1.807, 2.05) is 71.0 Å². The average Bonchev–Trinajstić information content (AvgIpc) is 2.58. The van der Waals surface area contributed by atoms with Gasteiger partial charge in [0.15, 0.2) is 0 Å². The van der Waals surface area contributed by atoms with Gasteiger partial charge in [0.05, 0.1) is 5.25 Å². The van der Waals surface area contributed by atoms with Crippen LogP contribution in [0.2, 0.25) is 5.02 Å². The molecule has 150 valence electrons. The van der Waals surface area contributed by atoms with Crippen molar-refractivity contribution in [2.24, 2.45) is 5.41 Å². The van der Waals surface area contributed by atoms with Crippen molar-refractivity contribution < 1.29 is 9.59 Å². The third-order valence-corrected chi connectivity index (χ3v) is 5.47. The minimum Gasteiger partial charge on any atom is -0.326 e. The molecular weight excluding hydrogens is 392 g/mol. The van der Waals surface area contributed by atoms with Crippen molar-refractivity contribution in [2.45, 2.75) is 51.2 Å². The van der Waals surface area contributed by atoms with E-state index in [0.29, 0.717) is 17.1 Å². The molecule has 2 aromatic rings. The summed E-state index contributed by atoms with van der Waals surface area (Å²) in [6.07, 6.45) is 0.462. The number of hydrogen-bond acceptors (Lipinski definition) is 3. The molecular formula is C22H27ClN2O2S. The average molecular weight is 419 g/mol. The Kier molecular flexibility index (Phi) is 7.55. The molecule has 1 unspecified atom stereocenters. The van der Waals surface area contributed by atoms with Gasteiger partial charge in [-0.2, -0.15) is 0 Å². The number of nitrogens with one attached hydrogen (secondary N) is 2. The van der Waals surface area contributed by atoms with Gasteiger partial charge in [0.2, 0.25) is 11.8 Å². The van der Waals surface area contributed by atoms with Crippen LogP contribution in [-0.2, 0) is 9.59 Å². The Labute approximate surface area is 176 Å². The number of hydrogen-bond donors (Lipinski definition) is 2. The number of thioether (sulfide) groups is 1. The summed E-state index contributed by atoms with van der Waals surface area (Å²) < 4.78 is 0. The summed E-state index contributed by atoms with van der Waals surface area (Å²) >= 11 is 7.56. The Morgan fingerprint density at radius 1 is 1.04 bits per heavy atom. The second-order valence-corrected chi connectivity index (χ2v) is 9.84. The summed E-state index contributed by atoms with van der Waals surface area (Å²) in [5.74, 6) is -0.0927. The fourth-order valence-corrected chi connectivity index (χ4v) is 3.52. The second kappa shape index (κ2) is 9.48. The second-order valence-electron chi connectivity index (χ2n) is 8.02. The Bertz CT molecular complexity index is 845. The maximum absolute atomic E-state index is 12.4. The molecule has 0 aromatic heterocycles. The number of benzene rings is 2. The van der Waals surface area contributed by atoms with Crippen molar-refractivity contribution in [2.75, 3.05) is 10.6 Å². The molecule has 1 atom stereocenters. The first-order valence-corrected chi connectivity index (χ1v) is 10.4. The number of halogens is 1. The molecule has 2 N–H and O–H groups in total. The molecule has 2 amide bonds. The molecule has 0 aliphatic carbocycles. The monoisotopic (exact) mass is 418 g/mol. The van der Waals surface area contributed by atoms with E-state index in [1.165, 1.54) is 11.8 Å². The summed E-state index contributed by atoms with van der Waals surface area (Å²) in [4.78, 5) is 25.4. The molecule has 2 aromatic carbocycles. The molecule has 2 rings (SSSR count). The standard InChI is InChI=1S/C22H27ClN2O2S/c1-14-6-7-17(12-19(14)23)25-21(27)15(2)28-18-10-8-16(9-11-18)24-20(26)13-22(3,4)5/h6-12,15H,13H2,1-5H3,(H,24,26)(H,25,27). The fourth-order valence-electron chi connectivity index (χ4n) is 2.48. The van der Waals surface area contributed by atoms with Crippen LogP contribution >= 0.6 is 23.4 Å². The highest BCUT2D eigenvalue weighted by molar-refractivity contribution is 8.00. The number of carbonyl (C=O) groups is 2. The predicted molar refractivity (Wildman–Crippen MR) is 119 cm³/mol. The molecule has 28 heavy (non-hydrogen) atoms. The van der Waals surface area contributed by atoms with Crippen LogP contribution in [0.15, 0.2) is 47.4 Å². The molecule has 0 radical (unpaired) electrons. The van der Waals surface area contributed by atoms with Crippen molar-refractivity contribution in [1.82, 2.24) is 0 Å². The normalized spacial score (nSPS) is 12.4. The van der Waals surface area contributed by atoms with E-state index in [4.69, 9.17) is 11.6 Å². The number of rotatable bonds is 6. The first-order valence-electron chi connectivity index (χ1n) is 9.17. The molecule has 0 saturated heterocycles. The first-order chi connectivity index (χ1) is 13.0. The number of carbonyl (C=O) groups excluding carboxylic acids is 2. The molecule has 6 heteroatoms. The van der Waals surface area contributed by atoms with Gasteiger partial charge in [-0.25, -0.2) is 0 Å². The van der Waals surface area contributed by atoms with E-state index in [2.05, 4.69) is 10.6 Å². The number of amides is 2. The van der Waals surface area contributed by atoms with Crippen molar-refractivity contribution in [3.63, 3.8) is 0 Å². The summed E-state index contributed by atoms with van der Waals surface area (Å²) in [6.45, 7) is 9.87. The highest BCUT2D eigenvalue weighted by Gasteiger charge is 2.17. The molecule has 0 aliphatic heterocycles. The van der Waals surface area contributed by atoms with Crippen LogP contribution < -0.4 is 10.6 Å². The van der Waals surface area contributed by atoms with Crippen LogP contribution in [0.3, 0.4) is 0 Å². The highest BCUT2D eigenvalue weighted by atomic mass is 35.5. The van der Waals surface area contributed by atoms with Gasteiger partial charge in [-0.3, -0.25) is 9.59 Å². The van der Waals surface area contributed by atoms with Crippen LogP contribution in [0.4, 0.5) is 11.4 Å². The van der Waals surface area contributed by atoms with E-state index in [1.54, 1.807) is 6.07 Å². The van der Waals surface area contributed by atoms with Crippen molar-refractivity contribution >= 4 is 46.6 Å². The summed E-state index contributed by atoms with van der Waals surface area (Å²) in [7, 11) is 0. The van der Waals surface area contributed by atoms with Gasteiger partial charge >= 0.3 is 0 Å². The predicted octanol–water partition coefficient (Wildman–Crippen LogP) is 6.14. The Hall–Kier alpha value is -1.98. The SMILES string of the molecule is Cc1ccc(NC(=O)C(C)Sc2ccc(NC(=O)CC(C)(C)C)cc2)cc1Cl. The first kappa shape index (κ1) is 22.3. The summed E-state index contributed by atoms with van der Waals surface area (Å²) in [6, 6.07) is 13.0. The van der Waals surface area contributed by atoms with E-state index in [9.17, 15) is 9.59 Å². The molecule has 0 fully saturated rings. The van der Waals surface area contributed by atoms with Crippen molar-refractivity contribution in [3.05, 3.63) is 53.1 Å². The van der Waals surface area contributed by atoms with Crippen molar-refractivity contribution in [1.29, 1.82) is 0 Å². The van der Waals surface area contributed by atoms with Gasteiger partial charge in [0.1, 0.15) is 0 Å². The topological polar surface area (TPSA) is 58.2 Å². The van der Waals surface area contributed by atoms with E-state index < -0.39 is 0 Å². The lowest BCUT2D eigenvalue weighted by Crippen LogP contribution is -2.22. The van der Waals surface area contributed by atoms with Gasteiger partial charge in [-0.15, -0.1) is 11.8 Å².